The van der Waals surface area contributed by atoms with Gasteiger partial charge >= 0.3 is 6.18 Å². The Morgan fingerprint density at radius 3 is 2.29 bits per heavy atom. The molecule has 0 bridgehead atoms. The van der Waals surface area contributed by atoms with Gasteiger partial charge in [-0.15, -0.1) is 0 Å². The largest absolute Gasteiger partial charge is 0.483 e. The SMILES string of the molecule is CNc1ccc(-n2cc(-c3cnc(C(=O)Nc4ccc(C(=O)N5CCN(C(=O)[C@@H]6C[C@@H](O)CN6)CC5)c(Cl)c4)n3C)c(C(F)(F)F)n2)nc1.O=CO. The number of nitrogens with one attached hydrogen (secondary N) is 3. The molecule has 5 N–H and O–H groups in total. The molecule has 0 aliphatic carbocycles. The maximum absolute atomic E-state index is 14.1. The monoisotopic (exact) mass is 746 g/mol. The van der Waals surface area contributed by atoms with E-state index in [1.54, 1.807) is 22.9 Å². The van der Waals surface area contributed by atoms with Gasteiger partial charge in [0.15, 0.2) is 17.3 Å². The van der Waals surface area contributed by atoms with Gasteiger partial charge in [-0.2, -0.15) is 18.3 Å². The summed E-state index contributed by atoms with van der Waals surface area (Å²) in [4.78, 5) is 59.0. The Morgan fingerprint density at radius 1 is 1.04 bits per heavy atom. The zero-order valence-electron chi connectivity index (χ0n) is 27.8. The van der Waals surface area contributed by atoms with Crippen molar-refractivity contribution >= 4 is 47.2 Å². The Kier molecular flexibility index (Phi) is 11.5. The summed E-state index contributed by atoms with van der Waals surface area (Å²) < 4.78 is 44.4. The molecular weight excluding hydrogens is 713 g/mol. The summed E-state index contributed by atoms with van der Waals surface area (Å²) >= 11 is 6.46. The second-order valence-corrected chi connectivity index (χ2v) is 12.1. The van der Waals surface area contributed by atoms with E-state index in [1.165, 1.54) is 48.3 Å². The van der Waals surface area contributed by atoms with E-state index in [4.69, 9.17) is 21.5 Å². The number of alkyl halides is 3. The zero-order chi connectivity index (χ0) is 37.7. The lowest BCUT2D eigenvalue weighted by Gasteiger charge is -2.36. The third-order valence-electron chi connectivity index (χ3n) is 8.46. The van der Waals surface area contributed by atoms with Gasteiger partial charge in [0, 0.05) is 58.7 Å². The molecule has 3 amide bonds. The van der Waals surface area contributed by atoms with E-state index in [9.17, 15) is 32.7 Å². The Morgan fingerprint density at radius 2 is 1.71 bits per heavy atom. The molecule has 2 aliphatic heterocycles. The summed E-state index contributed by atoms with van der Waals surface area (Å²) in [6.45, 7) is 1.38. The number of aromatic nitrogens is 5. The fraction of sp³-hybridized carbons (Fsp3) is 0.344. The summed E-state index contributed by atoms with van der Waals surface area (Å²) in [6.07, 6.45) is -1.23. The molecule has 0 saturated carbocycles. The minimum atomic E-state index is -4.81. The molecule has 3 aromatic heterocycles. The van der Waals surface area contributed by atoms with Gasteiger partial charge < -0.3 is 40.5 Å². The van der Waals surface area contributed by atoms with Gasteiger partial charge in [-0.05, 0) is 36.8 Å². The van der Waals surface area contributed by atoms with Gasteiger partial charge in [-0.1, -0.05) is 11.6 Å². The molecule has 2 fully saturated rings. The van der Waals surface area contributed by atoms with E-state index < -0.39 is 29.9 Å². The van der Waals surface area contributed by atoms with Crippen LogP contribution in [0.25, 0.3) is 17.1 Å². The lowest BCUT2D eigenvalue weighted by atomic mass is 10.1. The van der Waals surface area contributed by atoms with Crippen LogP contribution in [0.15, 0.2) is 48.9 Å². The number of carbonyl (C=O) groups excluding carboxylic acids is 3. The van der Waals surface area contributed by atoms with E-state index >= 15 is 0 Å². The van der Waals surface area contributed by atoms with Crippen molar-refractivity contribution in [1.82, 2.24) is 39.4 Å². The molecule has 2 atom stereocenters. The van der Waals surface area contributed by atoms with Crippen molar-refractivity contribution in [2.45, 2.75) is 24.7 Å². The number of aliphatic hydroxyl groups excluding tert-OH is 1. The highest BCUT2D eigenvalue weighted by Crippen LogP contribution is 2.37. The van der Waals surface area contributed by atoms with Crippen molar-refractivity contribution in [1.29, 1.82) is 0 Å². The van der Waals surface area contributed by atoms with Crippen molar-refractivity contribution in [3.05, 3.63) is 71.0 Å². The number of carboxylic acid groups (broad SMARTS) is 1. The number of pyridine rings is 1. The average molecular weight is 747 g/mol. The molecule has 6 rings (SSSR count). The number of nitrogens with zero attached hydrogens (tertiary/aromatic N) is 7. The standard InChI is InChI=1S/C31H32ClF3N10O4.CH2O2/c1-36-18-4-6-25(38-13-18)45-16-21(26(41-45)31(33,34)35)24-15-39-27(42(24)2)28(47)40-17-3-5-20(22(32)11-17)29(48)43-7-9-44(10-8-43)30(49)23-12-19(46)14-37-23;2-1-3/h3-6,11,13,15-16,19,23,36-37,46H,7-10,12,14H2,1-2H3,(H,40,47);1H,(H,2,3)/t19-,23+;/m1./s1. The lowest BCUT2D eigenvalue weighted by molar-refractivity contribution is -0.141. The molecule has 2 aliphatic rings. The Balaban J connectivity index is 0.00000168. The zero-order valence-corrected chi connectivity index (χ0v) is 28.5. The molecule has 5 heterocycles. The predicted molar refractivity (Wildman–Crippen MR) is 181 cm³/mol. The molecule has 1 aromatic carbocycles. The summed E-state index contributed by atoms with van der Waals surface area (Å²) in [6, 6.07) is 7.06. The fourth-order valence-corrected chi connectivity index (χ4v) is 6.07. The molecule has 276 valence electrons. The van der Waals surface area contributed by atoms with Crippen LogP contribution in [0.5, 0.6) is 0 Å². The van der Waals surface area contributed by atoms with Gasteiger partial charge in [-0.3, -0.25) is 19.2 Å². The number of rotatable bonds is 7. The summed E-state index contributed by atoms with van der Waals surface area (Å²) in [5.41, 5.74) is -0.378. The number of aliphatic hydroxyl groups is 1. The normalized spacial score (nSPS) is 17.3. The third-order valence-corrected chi connectivity index (χ3v) is 8.78. The minimum Gasteiger partial charge on any atom is -0.483 e. The van der Waals surface area contributed by atoms with Crippen LogP contribution in [-0.2, 0) is 22.8 Å². The molecule has 16 nitrogen and oxygen atoms in total. The number of hydrogen-bond acceptors (Lipinski definition) is 10. The Labute approximate surface area is 299 Å². The Bertz CT molecular complexity index is 1940. The number of anilines is 2. The smallest absolute Gasteiger partial charge is 0.435 e. The van der Waals surface area contributed by atoms with Crippen molar-refractivity contribution in [2.75, 3.05) is 50.4 Å². The van der Waals surface area contributed by atoms with Crippen LogP contribution >= 0.6 is 11.6 Å². The fourth-order valence-electron chi connectivity index (χ4n) is 5.81. The van der Waals surface area contributed by atoms with Crippen LogP contribution in [0.2, 0.25) is 5.02 Å². The van der Waals surface area contributed by atoms with Crippen molar-refractivity contribution in [3.63, 3.8) is 0 Å². The number of imidazole rings is 1. The van der Waals surface area contributed by atoms with Gasteiger partial charge in [-0.25, -0.2) is 14.6 Å². The molecule has 0 radical (unpaired) electrons. The summed E-state index contributed by atoms with van der Waals surface area (Å²) in [5.74, 6) is -1.19. The molecule has 0 unspecified atom stereocenters. The van der Waals surface area contributed by atoms with Gasteiger partial charge in [0.05, 0.1) is 52.1 Å². The molecule has 4 aromatic rings. The maximum Gasteiger partial charge on any atom is 0.435 e. The van der Waals surface area contributed by atoms with Crippen molar-refractivity contribution < 1.29 is 42.6 Å². The molecule has 2 saturated heterocycles. The highest BCUT2D eigenvalue weighted by molar-refractivity contribution is 6.34. The quantitative estimate of drug-likeness (QED) is 0.174. The van der Waals surface area contributed by atoms with Crippen LogP contribution < -0.4 is 16.0 Å². The number of halogens is 4. The first kappa shape index (κ1) is 37.7. The molecule has 0 spiro atoms. The van der Waals surface area contributed by atoms with Crippen LogP contribution in [0, 0.1) is 0 Å². The number of benzene rings is 1. The molecular formula is C32H34ClF3N10O6. The van der Waals surface area contributed by atoms with Crippen LogP contribution in [0.1, 0.15) is 33.1 Å². The lowest BCUT2D eigenvalue weighted by Crippen LogP contribution is -2.54. The maximum atomic E-state index is 14.1. The highest BCUT2D eigenvalue weighted by atomic mass is 35.5. The molecule has 20 heteroatoms. The summed E-state index contributed by atoms with van der Waals surface area (Å²) in [7, 11) is 3.09. The predicted octanol–water partition coefficient (Wildman–Crippen LogP) is 2.34. The van der Waals surface area contributed by atoms with Gasteiger partial charge in [0.1, 0.15) is 0 Å². The van der Waals surface area contributed by atoms with E-state index in [-0.39, 0.29) is 57.5 Å². The van der Waals surface area contributed by atoms with Gasteiger partial charge in [0.2, 0.25) is 5.91 Å². The minimum absolute atomic E-state index is 0.00607. The van der Waals surface area contributed by atoms with Crippen molar-refractivity contribution in [3.8, 4) is 17.1 Å². The Hall–Kier alpha value is -5.53. The second-order valence-electron chi connectivity index (χ2n) is 11.7. The van der Waals surface area contributed by atoms with Gasteiger partial charge in [0.25, 0.3) is 18.3 Å². The number of carbonyl (C=O) groups is 4. The number of amides is 3. The molecule has 52 heavy (non-hydrogen) atoms. The van der Waals surface area contributed by atoms with Crippen LogP contribution in [0.3, 0.4) is 0 Å². The van der Waals surface area contributed by atoms with E-state index in [0.29, 0.717) is 44.8 Å². The average Bonchev–Trinajstić information content (AvgIpc) is 3.86. The topological polar surface area (TPSA) is 200 Å². The van der Waals surface area contributed by atoms with Crippen LogP contribution in [0.4, 0.5) is 24.5 Å². The first-order valence-corrected chi connectivity index (χ1v) is 16.1. The van der Waals surface area contributed by atoms with Crippen LogP contribution in [-0.4, -0.2) is 120 Å². The van der Waals surface area contributed by atoms with E-state index in [2.05, 4.69) is 31.0 Å². The third kappa shape index (κ3) is 8.16. The number of hydrogen-bond donors (Lipinski definition) is 5. The second kappa shape index (κ2) is 15.8. The van der Waals surface area contributed by atoms with E-state index in [0.717, 1.165) is 10.9 Å². The van der Waals surface area contributed by atoms with Crippen molar-refractivity contribution in [2.24, 2.45) is 7.05 Å². The summed E-state index contributed by atoms with van der Waals surface area (Å²) in [5, 5.41) is 28.9. The first-order valence-electron chi connectivity index (χ1n) is 15.8. The number of piperazine rings is 1. The number of β-amino-alcohol motifs (C(OH)–C–C–N with tert-alkyl or cyclic N) is 1. The first-order chi connectivity index (χ1) is 24.7. The highest BCUT2D eigenvalue weighted by Gasteiger charge is 2.39. The van der Waals surface area contributed by atoms with E-state index in [1.807, 2.05) is 0 Å².